The van der Waals surface area contributed by atoms with Gasteiger partial charge in [0.1, 0.15) is 11.9 Å². The highest BCUT2D eigenvalue weighted by Gasteiger charge is 2.64. The van der Waals surface area contributed by atoms with E-state index in [1.165, 1.54) is 41.3 Å². The number of aryl methyl sites for hydroxylation is 1. The van der Waals surface area contributed by atoms with Crippen molar-refractivity contribution in [2.45, 2.75) is 23.4 Å². The summed E-state index contributed by atoms with van der Waals surface area (Å²) in [5, 5.41) is 2.97. The molecular weight excluding hydrogens is 461 g/mol. The summed E-state index contributed by atoms with van der Waals surface area (Å²) >= 11 is 5.54. The molecule has 2 atom stereocenters. The number of halogens is 1. The number of rotatable bonds is 3. The molecule has 0 bridgehead atoms. The predicted molar refractivity (Wildman–Crippen MR) is 127 cm³/mol. The van der Waals surface area contributed by atoms with Crippen LogP contribution < -0.4 is 10.2 Å². The molecule has 0 radical (unpaired) electrons. The van der Waals surface area contributed by atoms with Crippen LogP contribution in [0.4, 0.5) is 10.1 Å². The highest BCUT2D eigenvalue weighted by Crippen LogP contribution is 2.53. The van der Waals surface area contributed by atoms with Crippen LogP contribution in [0.25, 0.3) is 0 Å². The van der Waals surface area contributed by atoms with Crippen LogP contribution in [0.15, 0.2) is 77.7 Å². The lowest BCUT2D eigenvalue weighted by Crippen LogP contribution is -2.50. The number of amides is 1. The van der Waals surface area contributed by atoms with Gasteiger partial charge >= 0.3 is 0 Å². The Bertz CT molecular complexity index is 1390. The number of sulfonamides is 1. The topological polar surface area (TPSA) is 69.7 Å². The summed E-state index contributed by atoms with van der Waals surface area (Å²) in [7, 11) is -2.52. The van der Waals surface area contributed by atoms with Gasteiger partial charge in [-0.15, -0.1) is 0 Å². The summed E-state index contributed by atoms with van der Waals surface area (Å²) < 4.78 is 42.6. The summed E-state index contributed by atoms with van der Waals surface area (Å²) in [6, 6.07) is 18.0. The van der Waals surface area contributed by atoms with Gasteiger partial charge in [0.2, 0.25) is 0 Å². The molecule has 1 amide bonds. The van der Waals surface area contributed by atoms with Crippen LogP contribution in [0.2, 0.25) is 0 Å². The summed E-state index contributed by atoms with van der Waals surface area (Å²) in [4.78, 5) is 15.3. The molecular formula is C24H20FN3O3S2. The molecule has 3 aromatic carbocycles. The number of anilines is 1. The van der Waals surface area contributed by atoms with E-state index in [1.54, 1.807) is 37.4 Å². The van der Waals surface area contributed by atoms with Gasteiger partial charge in [-0.2, -0.15) is 0 Å². The van der Waals surface area contributed by atoms with E-state index in [0.717, 1.165) is 9.87 Å². The van der Waals surface area contributed by atoms with Gasteiger partial charge in [-0.05, 0) is 55.0 Å². The van der Waals surface area contributed by atoms with E-state index in [-0.39, 0.29) is 15.9 Å². The normalized spacial score (nSPS) is 22.1. The van der Waals surface area contributed by atoms with E-state index in [9.17, 15) is 17.6 Å². The quantitative estimate of drug-likeness (QED) is 0.579. The molecule has 9 heteroatoms. The maximum absolute atomic E-state index is 13.8. The minimum absolute atomic E-state index is 0.0495. The Balaban J connectivity index is 1.78. The van der Waals surface area contributed by atoms with Crippen LogP contribution >= 0.6 is 12.2 Å². The third kappa shape index (κ3) is 2.99. The minimum Gasteiger partial charge on any atom is -0.342 e. The molecule has 1 fully saturated rings. The molecule has 0 aromatic heterocycles. The number of carbonyl (C=O) groups excluding carboxylic acids is 1. The zero-order valence-electron chi connectivity index (χ0n) is 17.8. The third-order valence-corrected chi connectivity index (χ3v) is 8.44. The van der Waals surface area contributed by atoms with Gasteiger partial charge in [-0.1, -0.05) is 48.0 Å². The van der Waals surface area contributed by atoms with Crippen LogP contribution in [0.5, 0.6) is 0 Å². The van der Waals surface area contributed by atoms with Crippen LogP contribution in [-0.4, -0.2) is 30.8 Å². The van der Waals surface area contributed by atoms with Gasteiger partial charge in [0, 0.05) is 18.3 Å². The first-order chi connectivity index (χ1) is 15.7. The van der Waals surface area contributed by atoms with E-state index < -0.39 is 27.4 Å². The number of para-hydroxylation sites is 1. The number of hydrogen-bond acceptors (Lipinski definition) is 4. The Hall–Kier alpha value is -3.30. The number of thiocarbonyl (C=S) groups is 1. The molecule has 2 heterocycles. The first kappa shape index (κ1) is 21.5. The van der Waals surface area contributed by atoms with Gasteiger partial charge in [0.25, 0.3) is 15.9 Å². The van der Waals surface area contributed by atoms with E-state index >= 15 is 0 Å². The van der Waals surface area contributed by atoms with Crippen molar-refractivity contribution in [1.29, 1.82) is 0 Å². The fraction of sp³-hybridized carbons (Fsp3) is 0.167. The maximum Gasteiger partial charge on any atom is 0.266 e. The highest BCUT2D eigenvalue weighted by atomic mass is 32.2. The molecule has 3 aromatic rings. The average Bonchev–Trinajstić information content (AvgIpc) is 3.23. The lowest BCUT2D eigenvalue weighted by Gasteiger charge is -2.33. The van der Waals surface area contributed by atoms with E-state index in [1.807, 2.05) is 13.0 Å². The molecule has 5 rings (SSSR count). The van der Waals surface area contributed by atoms with Crippen LogP contribution in [0.1, 0.15) is 22.7 Å². The molecule has 0 aliphatic carbocycles. The van der Waals surface area contributed by atoms with Gasteiger partial charge in [0.05, 0.1) is 4.90 Å². The van der Waals surface area contributed by atoms with Crippen molar-refractivity contribution in [3.05, 3.63) is 95.3 Å². The molecule has 168 valence electrons. The van der Waals surface area contributed by atoms with Crippen molar-refractivity contribution < 1.29 is 17.6 Å². The second-order valence-electron chi connectivity index (χ2n) is 8.19. The second-order valence-corrected chi connectivity index (χ2v) is 10.4. The molecule has 1 saturated heterocycles. The van der Waals surface area contributed by atoms with Crippen molar-refractivity contribution in [3.63, 3.8) is 0 Å². The summed E-state index contributed by atoms with van der Waals surface area (Å²) in [5.74, 6) is -0.813. The molecule has 33 heavy (non-hydrogen) atoms. The largest absolute Gasteiger partial charge is 0.342 e. The van der Waals surface area contributed by atoms with Crippen molar-refractivity contribution in [2.75, 3.05) is 11.9 Å². The first-order valence-corrected chi connectivity index (χ1v) is 12.1. The van der Waals surface area contributed by atoms with Gasteiger partial charge < -0.3 is 10.2 Å². The summed E-state index contributed by atoms with van der Waals surface area (Å²) in [6.45, 7) is 1.86. The number of fused-ring (bicyclic) bond motifs is 2. The number of nitrogens with zero attached hydrogens (tertiary/aromatic N) is 2. The van der Waals surface area contributed by atoms with Gasteiger partial charge in [0.15, 0.2) is 10.7 Å². The van der Waals surface area contributed by atoms with Crippen LogP contribution in [0, 0.1) is 12.7 Å². The predicted octanol–water partition coefficient (Wildman–Crippen LogP) is 3.63. The van der Waals surface area contributed by atoms with E-state index in [4.69, 9.17) is 12.2 Å². The smallest absolute Gasteiger partial charge is 0.266 e. The van der Waals surface area contributed by atoms with Crippen LogP contribution in [0.3, 0.4) is 0 Å². The molecule has 1 N–H and O–H groups in total. The Morgan fingerprint density at radius 3 is 2.30 bits per heavy atom. The molecule has 6 nitrogen and oxygen atoms in total. The minimum atomic E-state index is -4.15. The highest BCUT2D eigenvalue weighted by molar-refractivity contribution is 7.91. The average molecular weight is 482 g/mol. The Morgan fingerprint density at radius 2 is 1.64 bits per heavy atom. The molecule has 2 aliphatic rings. The zero-order valence-corrected chi connectivity index (χ0v) is 19.5. The second kappa shape index (κ2) is 7.36. The monoisotopic (exact) mass is 481 g/mol. The lowest BCUT2D eigenvalue weighted by molar-refractivity contribution is -0.124. The SMILES string of the molecule is Cc1ccc(S(=O)(=O)N2C(=S)N[C@@]3(C(=O)N(C)c4ccccc43)[C@@H]2c2ccc(F)cc2)cc1. The van der Waals surface area contributed by atoms with Crippen molar-refractivity contribution in [3.8, 4) is 0 Å². The van der Waals surface area contributed by atoms with Crippen molar-refractivity contribution >= 4 is 38.9 Å². The number of benzene rings is 3. The van der Waals surface area contributed by atoms with Gasteiger partial charge in [-0.3, -0.25) is 4.79 Å². The van der Waals surface area contributed by atoms with Crippen molar-refractivity contribution in [1.82, 2.24) is 9.62 Å². The lowest BCUT2D eigenvalue weighted by atomic mass is 9.81. The molecule has 0 unspecified atom stereocenters. The fourth-order valence-corrected chi connectivity index (χ4v) is 6.75. The maximum atomic E-state index is 13.8. The van der Waals surface area contributed by atoms with E-state index in [0.29, 0.717) is 16.8 Å². The summed E-state index contributed by atoms with van der Waals surface area (Å²) in [5.41, 5.74) is 1.12. The first-order valence-electron chi connectivity index (χ1n) is 10.2. The van der Waals surface area contributed by atoms with Crippen LogP contribution in [-0.2, 0) is 20.4 Å². The van der Waals surface area contributed by atoms with E-state index in [2.05, 4.69) is 5.32 Å². The Morgan fingerprint density at radius 1 is 1.00 bits per heavy atom. The number of hydrogen-bond donors (Lipinski definition) is 1. The molecule has 2 aliphatic heterocycles. The number of carbonyl (C=O) groups is 1. The third-order valence-electron chi connectivity index (χ3n) is 6.24. The standard InChI is InChI=1S/C24H20FN3O3S2/c1-15-7-13-18(14-8-15)33(30,31)28-21(16-9-11-17(25)12-10-16)24(26-23(28)32)19-5-3-4-6-20(19)27(2)22(24)29/h3-14,21H,1-2H3,(H,26,32)/t21-,24+/m0/s1. The zero-order chi connectivity index (χ0) is 23.5. The number of nitrogens with one attached hydrogen (secondary N) is 1. The molecule has 0 saturated carbocycles. The van der Waals surface area contributed by atoms with Gasteiger partial charge in [-0.25, -0.2) is 17.1 Å². The van der Waals surface area contributed by atoms with Crippen molar-refractivity contribution in [2.24, 2.45) is 0 Å². The Labute approximate surface area is 196 Å². The molecule has 1 spiro atoms. The Kier molecular flexibility index (Phi) is 4.80. The summed E-state index contributed by atoms with van der Waals surface area (Å²) in [6.07, 6.45) is 0. The number of likely N-dealkylation sites (N-methyl/N-ethyl adjacent to an activating group) is 1. The fourth-order valence-electron chi connectivity index (χ4n) is 4.66.